The second-order valence-corrected chi connectivity index (χ2v) is 5.33. The summed E-state index contributed by atoms with van der Waals surface area (Å²) in [4.78, 5) is 4.21. The van der Waals surface area contributed by atoms with Gasteiger partial charge in [-0.1, -0.05) is 19.4 Å². The van der Waals surface area contributed by atoms with Crippen molar-refractivity contribution in [3.63, 3.8) is 0 Å². The lowest BCUT2D eigenvalue weighted by Gasteiger charge is -2.13. The second kappa shape index (κ2) is 12.5. The molecule has 0 unspecified atom stereocenters. The largest absolute Gasteiger partial charge is 0.493 e. The third-order valence-electron chi connectivity index (χ3n) is 3.56. The molecule has 1 aromatic carbocycles. The van der Waals surface area contributed by atoms with E-state index in [1.54, 1.807) is 21.3 Å². The first-order chi connectivity index (χ1) is 11.7. The van der Waals surface area contributed by atoms with Crippen molar-refractivity contribution >= 4 is 5.96 Å². The Kier molecular flexibility index (Phi) is 10.4. The number of benzene rings is 1. The van der Waals surface area contributed by atoms with Gasteiger partial charge in [0, 0.05) is 26.7 Å². The van der Waals surface area contributed by atoms with Crippen LogP contribution in [0, 0.1) is 0 Å². The molecular formula is C18H31N3O3. The monoisotopic (exact) mass is 337 g/mol. The third-order valence-corrected chi connectivity index (χ3v) is 3.56. The van der Waals surface area contributed by atoms with Crippen molar-refractivity contribution in [1.82, 2.24) is 10.6 Å². The lowest BCUT2D eigenvalue weighted by atomic mass is 10.1. The summed E-state index contributed by atoms with van der Waals surface area (Å²) in [5.74, 6) is 2.28. The fraction of sp³-hybridized carbons (Fsp3) is 0.611. The molecule has 0 fully saturated rings. The fourth-order valence-corrected chi connectivity index (χ4v) is 2.17. The van der Waals surface area contributed by atoms with E-state index >= 15 is 0 Å². The lowest BCUT2D eigenvalue weighted by Crippen LogP contribution is -2.39. The van der Waals surface area contributed by atoms with Crippen LogP contribution in [0.4, 0.5) is 0 Å². The average molecular weight is 337 g/mol. The number of hydrogen-bond acceptors (Lipinski definition) is 4. The van der Waals surface area contributed by atoms with E-state index in [0.29, 0.717) is 6.61 Å². The molecule has 0 saturated heterocycles. The molecule has 0 spiro atoms. The maximum atomic E-state index is 5.52. The highest BCUT2D eigenvalue weighted by Gasteiger charge is 2.04. The van der Waals surface area contributed by atoms with Gasteiger partial charge in [-0.2, -0.15) is 0 Å². The van der Waals surface area contributed by atoms with Gasteiger partial charge in [-0.3, -0.25) is 4.99 Å². The van der Waals surface area contributed by atoms with Crippen LogP contribution in [0.5, 0.6) is 11.5 Å². The normalized spacial score (nSPS) is 11.2. The van der Waals surface area contributed by atoms with Crippen LogP contribution in [0.15, 0.2) is 23.2 Å². The van der Waals surface area contributed by atoms with Crippen molar-refractivity contribution in [1.29, 1.82) is 0 Å². The van der Waals surface area contributed by atoms with E-state index in [1.807, 2.05) is 18.2 Å². The predicted octanol–water partition coefficient (Wildman–Crippen LogP) is 2.23. The van der Waals surface area contributed by atoms with Gasteiger partial charge in [0.1, 0.15) is 0 Å². The molecule has 0 aliphatic heterocycles. The van der Waals surface area contributed by atoms with Crippen LogP contribution in [-0.2, 0) is 11.2 Å². The summed E-state index contributed by atoms with van der Waals surface area (Å²) < 4.78 is 16.1. The topological polar surface area (TPSA) is 64.1 Å². The maximum Gasteiger partial charge on any atom is 0.191 e. The zero-order valence-corrected chi connectivity index (χ0v) is 15.4. The van der Waals surface area contributed by atoms with Gasteiger partial charge in [-0.15, -0.1) is 0 Å². The Morgan fingerprint density at radius 1 is 1.04 bits per heavy atom. The van der Waals surface area contributed by atoms with E-state index < -0.39 is 0 Å². The molecule has 0 aliphatic rings. The van der Waals surface area contributed by atoms with Crippen molar-refractivity contribution in [2.24, 2.45) is 4.99 Å². The predicted molar refractivity (Wildman–Crippen MR) is 98.3 cm³/mol. The van der Waals surface area contributed by atoms with Gasteiger partial charge < -0.3 is 24.8 Å². The zero-order chi connectivity index (χ0) is 17.6. The standard InChI is InChI=1S/C18H31N3O3/c1-5-6-12-24-13-11-21-18(19-2)20-10-9-15-7-8-16(22-3)17(14-15)23-4/h7-8,14H,5-6,9-13H2,1-4H3,(H2,19,20,21). The smallest absolute Gasteiger partial charge is 0.191 e. The number of ether oxygens (including phenoxy) is 3. The summed E-state index contributed by atoms with van der Waals surface area (Å²) in [6, 6.07) is 5.97. The molecule has 0 heterocycles. The van der Waals surface area contributed by atoms with Gasteiger partial charge in [0.25, 0.3) is 0 Å². The molecule has 6 heteroatoms. The number of nitrogens with zero attached hydrogens (tertiary/aromatic N) is 1. The first-order valence-corrected chi connectivity index (χ1v) is 8.48. The summed E-state index contributed by atoms with van der Waals surface area (Å²) in [6.07, 6.45) is 3.14. The highest BCUT2D eigenvalue weighted by atomic mass is 16.5. The van der Waals surface area contributed by atoms with E-state index in [0.717, 1.165) is 56.4 Å². The van der Waals surface area contributed by atoms with Gasteiger partial charge in [0.15, 0.2) is 17.5 Å². The molecule has 6 nitrogen and oxygen atoms in total. The number of guanidine groups is 1. The molecular weight excluding hydrogens is 306 g/mol. The minimum absolute atomic E-state index is 0.691. The van der Waals surface area contributed by atoms with Gasteiger partial charge in [-0.05, 0) is 30.5 Å². The average Bonchev–Trinajstić information content (AvgIpc) is 2.62. The molecule has 0 aliphatic carbocycles. The summed E-state index contributed by atoms with van der Waals surface area (Å²) >= 11 is 0. The minimum atomic E-state index is 0.691. The Labute approximate surface area is 145 Å². The van der Waals surface area contributed by atoms with Crippen molar-refractivity contribution < 1.29 is 14.2 Å². The first-order valence-electron chi connectivity index (χ1n) is 8.48. The second-order valence-electron chi connectivity index (χ2n) is 5.33. The number of unbranched alkanes of at least 4 members (excludes halogenated alkanes) is 1. The third kappa shape index (κ3) is 7.55. The molecule has 0 saturated carbocycles. The van der Waals surface area contributed by atoms with Gasteiger partial charge in [-0.25, -0.2) is 0 Å². The summed E-state index contributed by atoms with van der Waals surface area (Å²) in [6.45, 7) is 5.21. The van der Waals surface area contributed by atoms with Crippen LogP contribution in [0.25, 0.3) is 0 Å². The van der Waals surface area contributed by atoms with E-state index in [-0.39, 0.29) is 0 Å². The van der Waals surface area contributed by atoms with Crippen molar-refractivity contribution in [3.8, 4) is 11.5 Å². The number of methoxy groups -OCH3 is 2. The Hall–Kier alpha value is -1.95. The van der Waals surface area contributed by atoms with Crippen LogP contribution in [-0.4, -0.2) is 53.5 Å². The van der Waals surface area contributed by atoms with Crippen molar-refractivity contribution in [2.75, 3.05) is 47.6 Å². The van der Waals surface area contributed by atoms with Crippen molar-refractivity contribution in [3.05, 3.63) is 23.8 Å². The van der Waals surface area contributed by atoms with Gasteiger partial charge >= 0.3 is 0 Å². The Bertz CT molecular complexity index is 492. The highest BCUT2D eigenvalue weighted by molar-refractivity contribution is 5.79. The van der Waals surface area contributed by atoms with Crippen molar-refractivity contribution in [2.45, 2.75) is 26.2 Å². The van der Waals surface area contributed by atoms with Crippen LogP contribution < -0.4 is 20.1 Å². The Balaban J connectivity index is 2.29. The van der Waals surface area contributed by atoms with Crippen LogP contribution in [0.3, 0.4) is 0 Å². The fourth-order valence-electron chi connectivity index (χ4n) is 2.17. The van der Waals surface area contributed by atoms with Gasteiger partial charge in [0.05, 0.1) is 20.8 Å². The molecule has 2 N–H and O–H groups in total. The first kappa shape index (κ1) is 20.1. The molecule has 0 amide bonds. The highest BCUT2D eigenvalue weighted by Crippen LogP contribution is 2.27. The quantitative estimate of drug-likeness (QED) is 0.368. The molecule has 136 valence electrons. The Morgan fingerprint density at radius 2 is 1.79 bits per heavy atom. The minimum Gasteiger partial charge on any atom is -0.493 e. The number of rotatable bonds is 11. The molecule has 0 radical (unpaired) electrons. The molecule has 1 aromatic rings. The van der Waals surface area contributed by atoms with E-state index in [1.165, 1.54) is 5.56 Å². The summed E-state index contributed by atoms with van der Waals surface area (Å²) in [7, 11) is 5.05. The SMILES string of the molecule is CCCCOCCNC(=NC)NCCc1ccc(OC)c(OC)c1. The lowest BCUT2D eigenvalue weighted by molar-refractivity contribution is 0.136. The summed E-state index contributed by atoms with van der Waals surface area (Å²) in [5, 5.41) is 6.54. The van der Waals surface area contributed by atoms with E-state index in [9.17, 15) is 0 Å². The number of aliphatic imine (C=N–C) groups is 1. The van der Waals surface area contributed by atoms with E-state index in [4.69, 9.17) is 14.2 Å². The molecule has 0 atom stereocenters. The molecule has 0 bridgehead atoms. The van der Waals surface area contributed by atoms with Gasteiger partial charge in [0.2, 0.25) is 0 Å². The Morgan fingerprint density at radius 3 is 2.46 bits per heavy atom. The van der Waals surface area contributed by atoms with E-state index in [2.05, 4.69) is 22.5 Å². The molecule has 0 aromatic heterocycles. The van der Waals surface area contributed by atoms with Crippen LogP contribution in [0.1, 0.15) is 25.3 Å². The zero-order valence-electron chi connectivity index (χ0n) is 15.4. The number of hydrogen-bond donors (Lipinski definition) is 2. The van der Waals surface area contributed by atoms with Crippen LogP contribution >= 0.6 is 0 Å². The maximum absolute atomic E-state index is 5.52. The molecule has 1 rings (SSSR count). The number of nitrogens with one attached hydrogen (secondary N) is 2. The summed E-state index contributed by atoms with van der Waals surface area (Å²) in [5.41, 5.74) is 1.18. The molecule has 24 heavy (non-hydrogen) atoms. The van der Waals surface area contributed by atoms with Crippen LogP contribution in [0.2, 0.25) is 0 Å².